The minimum atomic E-state index is -4.07. The number of fused-ring (bicyclic) bond motifs is 2. The number of nitrogens with zero attached hydrogens (tertiary/aromatic N) is 5. The Bertz CT molecular complexity index is 1780. The SMILES string of the molecule is CC(C)(O)COc1cc(-c2ccc(N3C[C@@H]4[C@@H](CNS(=O)(=O)c5c(F)cccc5Cl)[C@@H]4C3)nc2)c2c(C#N)cnn2c1. The summed E-state index contributed by atoms with van der Waals surface area (Å²) < 4.78 is 49.4. The molecule has 3 aromatic heterocycles. The van der Waals surface area contributed by atoms with Gasteiger partial charge in [-0.15, -0.1) is 0 Å². The fourth-order valence-corrected chi connectivity index (χ4v) is 7.30. The lowest BCUT2D eigenvalue weighted by molar-refractivity contribution is 0.0283. The van der Waals surface area contributed by atoms with Crippen molar-refractivity contribution in [1.82, 2.24) is 19.3 Å². The van der Waals surface area contributed by atoms with Crippen LogP contribution in [0.4, 0.5) is 10.2 Å². The molecule has 218 valence electrons. The number of nitriles is 1. The standard InChI is InChI=1S/C29H28ClFN6O4S/c1-29(2,38)16-41-19-8-20(27-18(9-32)11-34-37(27)13-19)17-6-7-26(33-10-17)36-14-22-21(23(22)15-36)12-35-42(39,40)28-24(30)4-3-5-25(28)31/h3-8,10-11,13,21-23,35,38H,12,14-16H2,1-2H3/t21-,22-,23+. The molecule has 10 nitrogen and oxygen atoms in total. The number of sulfonamides is 1. The highest BCUT2D eigenvalue weighted by Gasteiger charge is 2.55. The zero-order valence-electron chi connectivity index (χ0n) is 22.8. The van der Waals surface area contributed by atoms with Crippen LogP contribution in [0.15, 0.2) is 59.9 Å². The Morgan fingerprint density at radius 3 is 2.64 bits per heavy atom. The van der Waals surface area contributed by atoms with Crippen LogP contribution in [0.1, 0.15) is 19.4 Å². The number of hydrogen-bond acceptors (Lipinski definition) is 8. The third kappa shape index (κ3) is 5.41. The summed E-state index contributed by atoms with van der Waals surface area (Å²) in [6.07, 6.45) is 4.91. The van der Waals surface area contributed by atoms with Crippen molar-refractivity contribution in [3.8, 4) is 22.9 Å². The molecule has 0 radical (unpaired) electrons. The maximum atomic E-state index is 14.1. The molecule has 0 bridgehead atoms. The monoisotopic (exact) mass is 610 g/mol. The second-order valence-electron chi connectivity index (χ2n) is 11.4. The summed E-state index contributed by atoms with van der Waals surface area (Å²) in [7, 11) is -4.07. The third-order valence-corrected chi connectivity index (χ3v) is 9.68. The number of benzene rings is 1. The molecule has 1 saturated carbocycles. The molecule has 2 N–H and O–H groups in total. The molecule has 4 aromatic rings. The zero-order chi connectivity index (χ0) is 29.8. The van der Waals surface area contributed by atoms with Crippen molar-refractivity contribution in [2.45, 2.75) is 24.3 Å². The molecule has 2 aliphatic rings. The highest BCUT2D eigenvalue weighted by Crippen LogP contribution is 2.52. The summed E-state index contributed by atoms with van der Waals surface area (Å²) >= 11 is 5.95. The average Bonchev–Trinajstić information content (AvgIpc) is 3.25. The molecular formula is C29H28ClFN6O4S. The van der Waals surface area contributed by atoms with E-state index < -0.39 is 26.3 Å². The highest BCUT2D eigenvalue weighted by molar-refractivity contribution is 7.89. The predicted octanol–water partition coefficient (Wildman–Crippen LogP) is 3.87. The predicted molar refractivity (Wildman–Crippen MR) is 154 cm³/mol. The van der Waals surface area contributed by atoms with Crippen LogP contribution in [-0.2, 0) is 10.0 Å². The lowest BCUT2D eigenvalue weighted by atomic mass is 10.1. The van der Waals surface area contributed by atoms with Crippen molar-refractivity contribution in [3.05, 3.63) is 71.4 Å². The van der Waals surface area contributed by atoms with Gasteiger partial charge in [0.1, 0.15) is 35.0 Å². The van der Waals surface area contributed by atoms with Gasteiger partial charge in [0.05, 0.1) is 34.1 Å². The molecule has 1 aliphatic carbocycles. The number of nitrogens with one attached hydrogen (secondary N) is 1. The minimum absolute atomic E-state index is 0.0815. The number of anilines is 1. The molecule has 0 unspecified atom stereocenters. The molecule has 42 heavy (non-hydrogen) atoms. The normalized spacial score (nSPS) is 20.0. The van der Waals surface area contributed by atoms with Crippen LogP contribution in [0.5, 0.6) is 5.75 Å². The third-order valence-electron chi connectivity index (χ3n) is 7.75. The van der Waals surface area contributed by atoms with Crippen molar-refractivity contribution in [2.75, 3.05) is 31.1 Å². The minimum Gasteiger partial charge on any atom is -0.489 e. The summed E-state index contributed by atoms with van der Waals surface area (Å²) in [6.45, 7) is 5.07. The van der Waals surface area contributed by atoms with Gasteiger partial charge in [0.2, 0.25) is 10.0 Å². The van der Waals surface area contributed by atoms with E-state index >= 15 is 0 Å². The average molecular weight is 611 g/mol. The first-order valence-corrected chi connectivity index (χ1v) is 15.2. The van der Waals surface area contributed by atoms with E-state index in [4.69, 9.17) is 16.3 Å². The molecule has 13 heteroatoms. The van der Waals surface area contributed by atoms with E-state index in [1.54, 1.807) is 30.8 Å². The van der Waals surface area contributed by atoms with Gasteiger partial charge in [0.15, 0.2) is 0 Å². The van der Waals surface area contributed by atoms with E-state index in [-0.39, 0.29) is 24.1 Å². The van der Waals surface area contributed by atoms with Crippen LogP contribution >= 0.6 is 11.6 Å². The Morgan fingerprint density at radius 1 is 1.24 bits per heavy atom. The molecule has 4 heterocycles. The summed E-state index contributed by atoms with van der Waals surface area (Å²) in [4.78, 5) is 6.33. The fraction of sp³-hybridized carbons (Fsp3) is 0.345. The summed E-state index contributed by atoms with van der Waals surface area (Å²) in [6, 6.07) is 11.6. The van der Waals surface area contributed by atoms with Crippen molar-refractivity contribution in [1.29, 1.82) is 5.26 Å². The van der Waals surface area contributed by atoms with Crippen molar-refractivity contribution < 1.29 is 22.7 Å². The van der Waals surface area contributed by atoms with Gasteiger partial charge >= 0.3 is 0 Å². The number of piperidine rings is 1. The maximum absolute atomic E-state index is 14.1. The van der Waals surface area contributed by atoms with Gasteiger partial charge in [-0.05, 0) is 61.9 Å². The molecule has 3 atom stereocenters. The van der Waals surface area contributed by atoms with Crippen LogP contribution in [0.25, 0.3) is 16.6 Å². The van der Waals surface area contributed by atoms with E-state index in [1.807, 2.05) is 18.2 Å². The lowest BCUT2D eigenvalue weighted by Crippen LogP contribution is -2.31. The second kappa shape index (κ2) is 10.5. The molecule has 1 aliphatic heterocycles. The van der Waals surface area contributed by atoms with E-state index in [0.29, 0.717) is 28.7 Å². The Kier molecular flexibility index (Phi) is 7.09. The number of hydrogen-bond donors (Lipinski definition) is 2. The number of halogens is 2. The van der Waals surface area contributed by atoms with Gasteiger partial charge in [-0.1, -0.05) is 17.7 Å². The smallest absolute Gasteiger partial charge is 0.244 e. The Hall–Kier alpha value is -3.76. The highest BCUT2D eigenvalue weighted by atomic mass is 35.5. The van der Waals surface area contributed by atoms with E-state index in [2.05, 4.69) is 25.8 Å². The van der Waals surface area contributed by atoms with Gasteiger partial charge in [-0.25, -0.2) is 27.0 Å². The van der Waals surface area contributed by atoms with Gasteiger partial charge in [0.25, 0.3) is 0 Å². The summed E-state index contributed by atoms with van der Waals surface area (Å²) in [5.74, 6) is 1.18. The molecule has 2 fully saturated rings. The largest absolute Gasteiger partial charge is 0.489 e. The molecule has 6 rings (SSSR count). The Labute approximate surface area is 247 Å². The first-order valence-electron chi connectivity index (χ1n) is 13.4. The fourth-order valence-electron chi connectivity index (χ4n) is 5.63. The van der Waals surface area contributed by atoms with Gasteiger partial charge < -0.3 is 14.7 Å². The van der Waals surface area contributed by atoms with Crippen molar-refractivity contribution >= 4 is 33.0 Å². The Balaban J connectivity index is 1.14. The summed E-state index contributed by atoms with van der Waals surface area (Å²) in [5.41, 5.74) is 1.53. The number of aliphatic hydroxyl groups is 1. The van der Waals surface area contributed by atoms with Crippen LogP contribution in [0.2, 0.25) is 5.02 Å². The van der Waals surface area contributed by atoms with Crippen LogP contribution < -0.4 is 14.4 Å². The summed E-state index contributed by atoms with van der Waals surface area (Å²) in [5, 5.41) is 23.8. The molecule has 1 saturated heterocycles. The second-order valence-corrected chi connectivity index (χ2v) is 13.5. The lowest BCUT2D eigenvalue weighted by Gasteiger charge is -2.21. The Morgan fingerprint density at radius 2 is 2.00 bits per heavy atom. The van der Waals surface area contributed by atoms with E-state index in [1.165, 1.54) is 18.3 Å². The van der Waals surface area contributed by atoms with Crippen LogP contribution in [-0.4, -0.2) is 60.0 Å². The van der Waals surface area contributed by atoms with Crippen LogP contribution in [0, 0.1) is 34.9 Å². The van der Waals surface area contributed by atoms with Crippen molar-refractivity contribution in [3.63, 3.8) is 0 Å². The number of ether oxygens (including phenoxy) is 1. The van der Waals surface area contributed by atoms with Gasteiger partial charge in [0, 0.05) is 37.0 Å². The van der Waals surface area contributed by atoms with Crippen molar-refractivity contribution in [2.24, 2.45) is 17.8 Å². The van der Waals surface area contributed by atoms with E-state index in [0.717, 1.165) is 36.1 Å². The van der Waals surface area contributed by atoms with Gasteiger partial charge in [-0.2, -0.15) is 10.4 Å². The topological polar surface area (TPSA) is 133 Å². The maximum Gasteiger partial charge on any atom is 0.244 e. The molecule has 0 spiro atoms. The first kappa shape index (κ1) is 28.4. The first-order chi connectivity index (χ1) is 19.9. The van der Waals surface area contributed by atoms with Crippen LogP contribution in [0.3, 0.4) is 0 Å². The van der Waals surface area contributed by atoms with E-state index in [9.17, 15) is 23.2 Å². The number of pyridine rings is 2. The quantitative estimate of drug-likeness (QED) is 0.292. The molecular weight excluding hydrogens is 583 g/mol. The van der Waals surface area contributed by atoms with Gasteiger partial charge in [-0.3, -0.25) is 0 Å². The molecule has 0 amide bonds. The number of aromatic nitrogens is 3. The number of rotatable bonds is 9. The zero-order valence-corrected chi connectivity index (χ0v) is 24.4. The molecule has 1 aromatic carbocycles.